The van der Waals surface area contributed by atoms with E-state index in [4.69, 9.17) is 0 Å². The highest BCUT2D eigenvalue weighted by Crippen LogP contribution is 2.14. The van der Waals surface area contributed by atoms with Crippen LogP contribution in [0.15, 0.2) is 0 Å². The van der Waals surface area contributed by atoms with Crippen molar-refractivity contribution < 1.29 is 4.79 Å². The Morgan fingerprint density at radius 2 is 1.94 bits per heavy atom. The lowest BCUT2D eigenvalue weighted by Crippen LogP contribution is -2.59. The number of nitrogens with one attached hydrogen (secondary N) is 2. The third-order valence-electron chi connectivity index (χ3n) is 2.73. The summed E-state index contributed by atoms with van der Waals surface area (Å²) < 4.78 is 0. The lowest BCUT2D eigenvalue weighted by Gasteiger charge is -2.33. The minimum absolute atomic E-state index is 0.0662. The van der Waals surface area contributed by atoms with Crippen LogP contribution in [0.1, 0.15) is 27.7 Å². The fourth-order valence-corrected chi connectivity index (χ4v) is 2.01. The largest absolute Gasteiger partial charge is 0.344 e. The molecule has 0 aromatic carbocycles. The highest BCUT2D eigenvalue weighted by atomic mass is 16.2. The molecule has 0 aromatic rings. The van der Waals surface area contributed by atoms with Gasteiger partial charge < -0.3 is 15.5 Å². The van der Waals surface area contributed by atoms with Gasteiger partial charge in [0.2, 0.25) is 5.91 Å². The predicted molar refractivity (Wildman–Crippen MR) is 66.3 cm³/mol. The van der Waals surface area contributed by atoms with Crippen molar-refractivity contribution in [3.8, 4) is 0 Å². The standard InChI is InChI=1S/C12H25N3O/c1-9-6-14-10(7-13-9)11(16)15(5)8-12(2,3)4/h9-10,13-14H,6-8H2,1-5H3. The first-order chi connectivity index (χ1) is 7.29. The molecule has 94 valence electrons. The summed E-state index contributed by atoms with van der Waals surface area (Å²) in [6.07, 6.45) is 0. The molecule has 0 bridgehead atoms. The van der Waals surface area contributed by atoms with Gasteiger partial charge >= 0.3 is 0 Å². The van der Waals surface area contributed by atoms with Gasteiger partial charge in [-0.15, -0.1) is 0 Å². The van der Waals surface area contributed by atoms with E-state index < -0.39 is 0 Å². The third-order valence-corrected chi connectivity index (χ3v) is 2.73. The van der Waals surface area contributed by atoms with Crippen LogP contribution in [0.2, 0.25) is 0 Å². The highest BCUT2D eigenvalue weighted by Gasteiger charge is 2.27. The second-order valence-electron chi connectivity index (χ2n) is 6.03. The van der Waals surface area contributed by atoms with E-state index in [1.165, 1.54) is 0 Å². The number of piperazine rings is 1. The molecule has 0 saturated carbocycles. The number of nitrogens with zero attached hydrogens (tertiary/aromatic N) is 1. The maximum Gasteiger partial charge on any atom is 0.240 e. The Hall–Kier alpha value is -0.610. The summed E-state index contributed by atoms with van der Waals surface area (Å²) in [6, 6.07) is 0.389. The lowest BCUT2D eigenvalue weighted by atomic mass is 9.96. The summed E-state index contributed by atoms with van der Waals surface area (Å²) in [6.45, 7) is 10.9. The minimum Gasteiger partial charge on any atom is -0.344 e. The van der Waals surface area contributed by atoms with Crippen LogP contribution in [0.5, 0.6) is 0 Å². The van der Waals surface area contributed by atoms with E-state index in [-0.39, 0.29) is 17.4 Å². The first kappa shape index (κ1) is 13.5. The summed E-state index contributed by atoms with van der Waals surface area (Å²) in [5.41, 5.74) is 0.153. The average molecular weight is 227 g/mol. The molecule has 4 heteroatoms. The van der Waals surface area contributed by atoms with E-state index >= 15 is 0 Å². The minimum atomic E-state index is -0.0662. The molecular weight excluding hydrogens is 202 g/mol. The first-order valence-corrected chi connectivity index (χ1v) is 6.01. The third kappa shape index (κ3) is 4.10. The van der Waals surface area contributed by atoms with E-state index in [0.29, 0.717) is 6.04 Å². The normalized spacial score (nSPS) is 26.6. The van der Waals surface area contributed by atoms with Gasteiger partial charge in [-0.05, 0) is 12.3 Å². The van der Waals surface area contributed by atoms with E-state index in [9.17, 15) is 4.79 Å². The Bertz CT molecular complexity index is 239. The second kappa shape index (κ2) is 5.15. The lowest BCUT2D eigenvalue weighted by molar-refractivity contribution is -0.133. The average Bonchev–Trinajstić information content (AvgIpc) is 2.15. The van der Waals surface area contributed by atoms with E-state index in [2.05, 4.69) is 38.3 Å². The SMILES string of the molecule is CC1CNC(C(=O)N(C)CC(C)(C)C)CN1. The van der Waals surface area contributed by atoms with Crippen LogP contribution < -0.4 is 10.6 Å². The molecule has 1 rings (SSSR count). The van der Waals surface area contributed by atoms with Gasteiger partial charge in [0.15, 0.2) is 0 Å². The Morgan fingerprint density at radius 3 is 2.38 bits per heavy atom. The van der Waals surface area contributed by atoms with Crippen molar-refractivity contribution in [3.05, 3.63) is 0 Å². The van der Waals surface area contributed by atoms with Crippen molar-refractivity contribution in [1.82, 2.24) is 15.5 Å². The van der Waals surface area contributed by atoms with Crippen molar-refractivity contribution in [2.24, 2.45) is 5.41 Å². The summed E-state index contributed by atoms with van der Waals surface area (Å²) in [4.78, 5) is 13.9. The van der Waals surface area contributed by atoms with Crippen molar-refractivity contribution in [1.29, 1.82) is 0 Å². The van der Waals surface area contributed by atoms with Gasteiger partial charge in [0.25, 0.3) is 0 Å². The number of carbonyl (C=O) groups excluding carboxylic acids is 1. The number of hydrogen-bond acceptors (Lipinski definition) is 3. The van der Waals surface area contributed by atoms with Gasteiger partial charge in [0.1, 0.15) is 0 Å². The maximum atomic E-state index is 12.1. The van der Waals surface area contributed by atoms with Crippen LogP contribution in [0.3, 0.4) is 0 Å². The van der Waals surface area contributed by atoms with Crippen LogP contribution >= 0.6 is 0 Å². The molecule has 1 aliphatic heterocycles. The molecule has 0 radical (unpaired) electrons. The Balaban J connectivity index is 2.45. The fraction of sp³-hybridized carbons (Fsp3) is 0.917. The smallest absolute Gasteiger partial charge is 0.240 e. The molecule has 16 heavy (non-hydrogen) atoms. The molecule has 1 aliphatic rings. The van der Waals surface area contributed by atoms with Crippen LogP contribution in [-0.2, 0) is 4.79 Å². The number of likely N-dealkylation sites (N-methyl/N-ethyl adjacent to an activating group) is 1. The molecule has 1 saturated heterocycles. The highest BCUT2D eigenvalue weighted by molar-refractivity contribution is 5.82. The summed E-state index contributed by atoms with van der Waals surface area (Å²) in [7, 11) is 1.88. The van der Waals surface area contributed by atoms with Crippen molar-refractivity contribution in [2.45, 2.75) is 39.8 Å². The number of amides is 1. The predicted octanol–water partition coefficient (Wildman–Crippen LogP) is 0.441. The van der Waals surface area contributed by atoms with E-state index in [1.54, 1.807) is 0 Å². The van der Waals surface area contributed by atoms with Crippen LogP contribution in [0.25, 0.3) is 0 Å². The number of carbonyl (C=O) groups is 1. The second-order valence-corrected chi connectivity index (χ2v) is 6.03. The molecule has 1 fully saturated rings. The first-order valence-electron chi connectivity index (χ1n) is 6.01. The molecule has 1 amide bonds. The zero-order valence-electron chi connectivity index (χ0n) is 11.1. The number of rotatable bonds is 2. The van der Waals surface area contributed by atoms with Gasteiger partial charge in [-0.2, -0.15) is 0 Å². The number of hydrogen-bond donors (Lipinski definition) is 2. The van der Waals surface area contributed by atoms with Crippen molar-refractivity contribution in [3.63, 3.8) is 0 Å². The van der Waals surface area contributed by atoms with Crippen LogP contribution in [0.4, 0.5) is 0 Å². The molecule has 2 atom stereocenters. The molecule has 2 unspecified atom stereocenters. The quantitative estimate of drug-likeness (QED) is 0.719. The van der Waals surface area contributed by atoms with E-state index in [1.807, 2.05) is 11.9 Å². The van der Waals surface area contributed by atoms with E-state index in [0.717, 1.165) is 19.6 Å². The van der Waals surface area contributed by atoms with Crippen molar-refractivity contribution >= 4 is 5.91 Å². The molecule has 0 aromatic heterocycles. The summed E-state index contributed by atoms with van der Waals surface area (Å²) in [5, 5.41) is 6.60. The van der Waals surface area contributed by atoms with Gasteiger partial charge in [0, 0.05) is 32.7 Å². The molecule has 0 aliphatic carbocycles. The summed E-state index contributed by atoms with van der Waals surface area (Å²) >= 11 is 0. The summed E-state index contributed by atoms with van der Waals surface area (Å²) in [5.74, 6) is 0.189. The maximum absolute atomic E-state index is 12.1. The zero-order chi connectivity index (χ0) is 12.3. The Labute approximate surface area is 98.8 Å². The van der Waals surface area contributed by atoms with Gasteiger partial charge in [-0.3, -0.25) is 4.79 Å². The molecule has 1 heterocycles. The Morgan fingerprint density at radius 1 is 1.31 bits per heavy atom. The topological polar surface area (TPSA) is 44.4 Å². The zero-order valence-corrected chi connectivity index (χ0v) is 11.1. The molecule has 0 spiro atoms. The molecule has 4 nitrogen and oxygen atoms in total. The Kier molecular flexibility index (Phi) is 4.33. The van der Waals surface area contributed by atoms with Crippen molar-refractivity contribution in [2.75, 3.05) is 26.7 Å². The fourth-order valence-electron chi connectivity index (χ4n) is 2.01. The van der Waals surface area contributed by atoms with Gasteiger partial charge in [-0.25, -0.2) is 0 Å². The molecule has 2 N–H and O–H groups in total. The molecular formula is C12H25N3O. The van der Waals surface area contributed by atoms with Gasteiger partial charge in [0.05, 0.1) is 6.04 Å². The van der Waals surface area contributed by atoms with Crippen LogP contribution in [0, 0.1) is 5.41 Å². The van der Waals surface area contributed by atoms with Crippen LogP contribution in [-0.4, -0.2) is 49.6 Å². The monoisotopic (exact) mass is 227 g/mol. The van der Waals surface area contributed by atoms with Gasteiger partial charge in [-0.1, -0.05) is 20.8 Å².